The summed E-state index contributed by atoms with van der Waals surface area (Å²) < 4.78 is 2.32. The van der Waals surface area contributed by atoms with E-state index in [1.807, 2.05) is 12.3 Å². The van der Waals surface area contributed by atoms with Gasteiger partial charge in [-0.15, -0.1) is 0 Å². The quantitative estimate of drug-likeness (QED) is 0.186. The van der Waals surface area contributed by atoms with Gasteiger partial charge in [0.15, 0.2) is 0 Å². The van der Waals surface area contributed by atoms with E-state index in [1.54, 1.807) is 0 Å². The molecule has 0 unspecified atom stereocenters. The van der Waals surface area contributed by atoms with Crippen molar-refractivity contribution in [2.24, 2.45) is 0 Å². The van der Waals surface area contributed by atoms with Crippen molar-refractivity contribution >= 4 is 43.5 Å². The highest BCUT2D eigenvalue weighted by molar-refractivity contribution is 6.27. The largest absolute Gasteiger partial charge is 0.308 e. The maximum Gasteiger partial charge on any atom is 0.0963 e. The lowest BCUT2D eigenvalue weighted by atomic mass is 9.82. The molecule has 0 spiro atoms. The first-order chi connectivity index (χ1) is 25.3. The topological polar surface area (TPSA) is 17.8 Å². The molecular weight excluding hydrogens is 617 g/mol. The Morgan fingerprint density at radius 3 is 1.69 bits per heavy atom. The summed E-state index contributed by atoms with van der Waals surface area (Å²) in [5, 5.41) is 6.32. The van der Waals surface area contributed by atoms with Crippen molar-refractivity contribution in [1.29, 1.82) is 0 Å². The minimum Gasteiger partial charge on any atom is -0.308 e. The van der Waals surface area contributed by atoms with Crippen molar-refractivity contribution < 1.29 is 0 Å². The van der Waals surface area contributed by atoms with E-state index in [0.717, 1.165) is 22.2 Å². The van der Waals surface area contributed by atoms with Gasteiger partial charge < -0.3 is 4.57 Å². The zero-order valence-corrected chi connectivity index (χ0v) is 27.7. The van der Waals surface area contributed by atoms with Gasteiger partial charge in [-0.1, -0.05) is 140 Å². The average molecular weight is 647 g/mol. The first-order valence-electron chi connectivity index (χ1n) is 17.6. The summed E-state index contributed by atoms with van der Waals surface area (Å²) in [6.45, 7) is 0. The lowest BCUT2D eigenvalue weighted by Gasteiger charge is -2.21. The predicted octanol–water partition coefficient (Wildman–Crippen LogP) is 13.1. The van der Waals surface area contributed by atoms with E-state index in [1.165, 1.54) is 82.6 Å². The SMILES string of the molecule is c1ccc(-c2c3c(c(-c4ccccc4)c4cc(-c5ccc(-n6c7ccccc7c7ncccc76)cc5)ccc24)-c2cccc4cccc-3c24)cc1. The van der Waals surface area contributed by atoms with Gasteiger partial charge in [0.25, 0.3) is 0 Å². The lowest BCUT2D eigenvalue weighted by Crippen LogP contribution is -1.95. The maximum absolute atomic E-state index is 4.74. The van der Waals surface area contributed by atoms with E-state index in [4.69, 9.17) is 4.98 Å². The Balaban J connectivity index is 1.18. The standard InChI is InChI=1S/C49H30N2/c1-3-12-33(13-4-1)45-37-28-25-35(31-23-26-36(27-24-31)51-42-21-8-7-18-38(42)49-43(51)22-11-29-50-49)30-41(37)46(34-14-5-2-6-15-34)48-40-20-10-17-32-16-9-19-39(44(32)40)47(45)48/h1-30H. The highest BCUT2D eigenvalue weighted by Gasteiger charge is 2.30. The number of aromatic nitrogens is 2. The summed E-state index contributed by atoms with van der Waals surface area (Å²) in [6.07, 6.45) is 1.88. The first-order valence-corrected chi connectivity index (χ1v) is 17.6. The molecule has 11 rings (SSSR count). The number of pyridine rings is 1. The van der Waals surface area contributed by atoms with Crippen molar-refractivity contribution in [3.05, 3.63) is 182 Å². The van der Waals surface area contributed by atoms with Crippen LogP contribution in [0, 0.1) is 0 Å². The van der Waals surface area contributed by atoms with E-state index in [2.05, 4.69) is 174 Å². The van der Waals surface area contributed by atoms with Crippen LogP contribution in [0.3, 0.4) is 0 Å². The molecule has 10 aromatic rings. The summed E-state index contributed by atoms with van der Waals surface area (Å²) >= 11 is 0. The molecule has 2 nitrogen and oxygen atoms in total. The van der Waals surface area contributed by atoms with Gasteiger partial charge in [0.1, 0.15) is 0 Å². The second-order valence-corrected chi connectivity index (χ2v) is 13.5. The molecule has 51 heavy (non-hydrogen) atoms. The zero-order chi connectivity index (χ0) is 33.5. The van der Waals surface area contributed by atoms with Crippen molar-refractivity contribution in [3.63, 3.8) is 0 Å². The Morgan fingerprint density at radius 2 is 0.980 bits per heavy atom. The molecular formula is C49H30N2. The van der Waals surface area contributed by atoms with Crippen LogP contribution in [-0.2, 0) is 0 Å². The fraction of sp³-hybridized carbons (Fsp3) is 0. The molecule has 1 aliphatic rings. The maximum atomic E-state index is 4.74. The van der Waals surface area contributed by atoms with Gasteiger partial charge in [-0.2, -0.15) is 0 Å². The second-order valence-electron chi connectivity index (χ2n) is 13.5. The molecule has 2 heteroatoms. The van der Waals surface area contributed by atoms with Crippen molar-refractivity contribution in [2.75, 3.05) is 0 Å². The highest BCUT2D eigenvalue weighted by atomic mass is 15.0. The smallest absolute Gasteiger partial charge is 0.0963 e. The normalized spacial score (nSPS) is 11.9. The minimum absolute atomic E-state index is 1.03. The van der Waals surface area contributed by atoms with Gasteiger partial charge in [0, 0.05) is 17.3 Å². The van der Waals surface area contributed by atoms with Crippen LogP contribution in [0.5, 0.6) is 0 Å². The molecule has 0 fully saturated rings. The summed E-state index contributed by atoms with van der Waals surface area (Å²) in [5.41, 5.74) is 17.2. The molecule has 0 saturated heterocycles. The first kappa shape index (κ1) is 28.1. The third-order valence-electron chi connectivity index (χ3n) is 10.8. The lowest BCUT2D eigenvalue weighted by molar-refractivity contribution is 1.18. The fourth-order valence-corrected chi connectivity index (χ4v) is 8.64. The molecule has 2 heterocycles. The van der Waals surface area contributed by atoms with Crippen LogP contribution in [0.4, 0.5) is 0 Å². The van der Waals surface area contributed by atoms with Crippen molar-refractivity contribution in [1.82, 2.24) is 9.55 Å². The monoisotopic (exact) mass is 646 g/mol. The van der Waals surface area contributed by atoms with Crippen LogP contribution in [-0.4, -0.2) is 9.55 Å². The average Bonchev–Trinajstić information content (AvgIpc) is 3.72. The third-order valence-corrected chi connectivity index (χ3v) is 10.8. The number of nitrogens with zero attached hydrogens (tertiary/aromatic N) is 2. The van der Waals surface area contributed by atoms with Gasteiger partial charge in [-0.25, -0.2) is 0 Å². The predicted molar refractivity (Wildman–Crippen MR) is 214 cm³/mol. The number of benzene rings is 8. The van der Waals surface area contributed by atoms with Crippen LogP contribution >= 0.6 is 0 Å². The molecule has 0 radical (unpaired) electrons. The molecule has 0 bridgehead atoms. The Hall–Kier alpha value is -6.77. The Kier molecular flexibility index (Phi) is 5.99. The summed E-state index contributed by atoms with van der Waals surface area (Å²) in [4.78, 5) is 4.74. The number of hydrogen-bond acceptors (Lipinski definition) is 1. The molecule has 8 aromatic carbocycles. The minimum atomic E-state index is 1.03. The van der Waals surface area contributed by atoms with E-state index < -0.39 is 0 Å². The second kappa shape index (κ2) is 10.9. The third kappa shape index (κ3) is 4.08. The summed E-state index contributed by atoms with van der Waals surface area (Å²) in [6, 6.07) is 64.3. The Morgan fingerprint density at radius 1 is 0.373 bits per heavy atom. The molecule has 0 aliphatic heterocycles. The number of rotatable bonds is 4. The number of para-hydroxylation sites is 1. The number of hydrogen-bond donors (Lipinski definition) is 0. The van der Waals surface area contributed by atoms with Crippen molar-refractivity contribution in [2.45, 2.75) is 0 Å². The van der Waals surface area contributed by atoms with E-state index in [0.29, 0.717) is 0 Å². The molecule has 0 atom stereocenters. The highest BCUT2D eigenvalue weighted by Crippen LogP contribution is 2.57. The van der Waals surface area contributed by atoms with Gasteiger partial charge in [-0.3, -0.25) is 4.98 Å². The van der Waals surface area contributed by atoms with Gasteiger partial charge in [-0.05, 0) is 114 Å². The van der Waals surface area contributed by atoms with Crippen LogP contribution < -0.4 is 0 Å². The van der Waals surface area contributed by atoms with Gasteiger partial charge >= 0.3 is 0 Å². The Labute approximate surface area is 295 Å². The van der Waals surface area contributed by atoms with Crippen LogP contribution in [0.2, 0.25) is 0 Å². The fourth-order valence-electron chi connectivity index (χ4n) is 8.64. The van der Waals surface area contributed by atoms with Crippen LogP contribution in [0.1, 0.15) is 0 Å². The van der Waals surface area contributed by atoms with Crippen LogP contribution in [0.15, 0.2) is 182 Å². The Bertz CT molecular complexity index is 2930. The van der Waals surface area contributed by atoms with E-state index in [9.17, 15) is 0 Å². The van der Waals surface area contributed by atoms with E-state index >= 15 is 0 Å². The summed E-state index contributed by atoms with van der Waals surface area (Å²) in [7, 11) is 0. The molecule has 0 amide bonds. The molecule has 1 aliphatic carbocycles. The van der Waals surface area contributed by atoms with Gasteiger partial charge in [0.2, 0.25) is 0 Å². The molecule has 236 valence electrons. The van der Waals surface area contributed by atoms with E-state index in [-0.39, 0.29) is 0 Å². The molecule has 0 saturated carbocycles. The molecule has 2 aromatic heterocycles. The van der Waals surface area contributed by atoms with Crippen LogP contribution in [0.25, 0.3) is 105 Å². The summed E-state index contributed by atoms with van der Waals surface area (Å²) in [5.74, 6) is 0. The molecule has 0 N–H and O–H groups in total. The zero-order valence-electron chi connectivity index (χ0n) is 27.7. The van der Waals surface area contributed by atoms with Crippen molar-refractivity contribution in [3.8, 4) is 61.3 Å². The van der Waals surface area contributed by atoms with Gasteiger partial charge in [0.05, 0.1) is 16.6 Å². The number of fused-ring (bicyclic) bond motifs is 7.